The molecule has 0 amide bonds. The highest BCUT2D eigenvalue weighted by atomic mass is 16.7. The van der Waals surface area contributed by atoms with Gasteiger partial charge in [0.05, 0.1) is 33.0 Å². The van der Waals surface area contributed by atoms with Crippen molar-refractivity contribution >= 4 is 0 Å². The first-order valence-corrected chi connectivity index (χ1v) is 7.89. The molecule has 136 valence electrons. The first kappa shape index (κ1) is 20.8. The SMILES string of the molecule is C=CCOC[C@H]1OC(O)[C@H](OCC=C)[C@@H](OCC=C)[C@@H]1OCC=C. The summed E-state index contributed by atoms with van der Waals surface area (Å²) in [4.78, 5) is 0. The highest BCUT2D eigenvalue weighted by Crippen LogP contribution is 2.27. The van der Waals surface area contributed by atoms with E-state index in [9.17, 15) is 5.11 Å². The van der Waals surface area contributed by atoms with E-state index in [0.717, 1.165) is 0 Å². The highest BCUT2D eigenvalue weighted by Gasteiger charge is 2.47. The summed E-state index contributed by atoms with van der Waals surface area (Å²) < 4.78 is 28.3. The summed E-state index contributed by atoms with van der Waals surface area (Å²) in [5.41, 5.74) is 0. The van der Waals surface area contributed by atoms with Gasteiger partial charge in [0, 0.05) is 0 Å². The molecule has 0 bridgehead atoms. The van der Waals surface area contributed by atoms with Crippen LogP contribution in [-0.2, 0) is 23.7 Å². The lowest BCUT2D eigenvalue weighted by Crippen LogP contribution is -2.61. The molecule has 1 saturated heterocycles. The van der Waals surface area contributed by atoms with Crippen molar-refractivity contribution in [3.63, 3.8) is 0 Å². The van der Waals surface area contributed by atoms with Crippen molar-refractivity contribution in [1.82, 2.24) is 0 Å². The minimum Gasteiger partial charge on any atom is -0.375 e. The zero-order chi connectivity index (χ0) is 17.8. The third-order valence-corrected chi connectivity index (χ3v) is 3.35. The molecule has 0 aliphatic carbocycles. The van der Waals surface area contributed by atoms with E-state index < -0.39 is 30.7 Å². The van der Waals surface area contributed by atoms with E-state index in [0.29, 0.717) is 19.8 Å². The van der Waals surface area contributed by atoms with Crippen molar-refractivity contribution < 1.29 is 28.8 Å². The van der Waals surface area contributed by atoms with Gasteiger partial charge in [-0.3, -0.25) is 0 Å². The molecule has 0 radical (unpaired) electrons. The Bertz CT molecular complexity index is 397. The van der Waals surface area contributed by atoms with Crippen LogP contribution >= 0.6 is 0 Å². The molecule has 5 atom stereocenters. The lowest BCUT2D eigenvalue weighted by Gasteiger charge is -2.44. The van der Waals surface area contributed by atoms with Gasteiger partial charge in [0.15, 0.2) is 6.29 Å². The smallest absolute Gasteiger partial charge is 0.184 e. The Labute approximate surface area is 144 Å². The van der Waals surface area contributed by atoms with Crippen molar-refractivity contribution in [2.45, 2.75) is 30.7 Å². The Hall–Kier alpha value is -1.28. The predicted octanol–water partition coefficient (Wildman–Crippen LogP) is 1.62. The topological polar surface area (TPSA) is 66.4 Å². The second-order valence-corrected chi connectivity index (χ2v) is 5.15. The summed E-state index contributed by atoms with van der Waals surface area (Å²) in [5, 5.41) is 10.3. The average molecular weight is 340 g/mol. The molecule has 1 N–H and O–H groups in total. The third-order valence-electron chi connectivity index (χ3n) is 3.35. The maximum atomic E-state index is 10.3. The normalized spacial score (nSPS) is 29.8. The van der Waals surface area contributed by atoms with E-state index in [1.807, 2.05) is 0 Å². The summed E-state index contributed by atoms with van der Waals surface area (Å²) in [7, 11) is 0. The highest BCUT2D eigenvalue weighted by molar-refractivity contribution is 4.94. The maximum absolute atomic E-state index is 10.3. The number of rotatable bonds is 13. The van der Waals surface area contributed by atoms with Gasteiger partial charge >= 0.3 is 0 Å². The van der Waals surface area contributed by atoms with Crippen molar-refractivity contribution in [2.24, 2.45) is 0 Å². The molecule has 1 fully saturated rings. The van der Waals surface area contributed by atoms with Crippen molar-refractivity contribution in [3.8, 4) is 0 Å². The van der Waals surface area contributed by atoms with Gasteiger partial charge in [-0.2, -0.15) is 0 Å². The fourth-order valence-electron chi connectivity index (χ4n) is 2.40. The standard InChI is InChI=1S/C18H28O6/c1-5-9-20-13-14-15(21-10-6-2)16(22-11-7-3)17(18(19)24-14)23-12-8-4/h5-8,14-19H,1-4,9-13H2/t14-,15-,16+,17-,18?/m1/s1. The number of aliphatic hydroxyl groups is 1. The molecule has 0 aromatic heterocycles. The Kier molecular flexibility index (Phi) is 10.5. The van der Waals surface area contributed by atoms with Gasteiger partial charge in [0.1, 0.15) is 24.4 Å². The minimum atomic E-state index is -1.17. The van der Waals surface area contributed by atoms with Crippen LogP contribution in [0.5, 0.6) is 0 Å². The number of hydrogen-bond acceptors (Lipinski definition) is 6. The summed E-state index contributed by atoms with van der Waals surface area (Å²) >= 11 is 0. The minimum absolute atomic E-state index is 0.229. The molecule has 24 heavy (non-hydrogen) atoms. The van der Waals surface area contributed by atoms with Gasteiger partial charge in [-0.15, -0.1) is 26.3 Å². The molecule has 1 aliphatic heterocycles. The lowest BCUT2D eigenvalue weighted by molar-refractivity contribution is -0.307. The van der Waals surface area contributed by atoms with E-state index >= 15 is 0 Å². The van der Waals surface area contributed by atoms with Crippen LogP contribution in [0.1, 0.15) is 0 Å². The maximum Gasteiger partial charge on any atom is 0.184 e. The summed E-state index contributed by atoms with van der Waals surface area (Å²) in [6, 6.07) is 0. The number of ether oxygens (including phenoxy) is 5. The van der Waals surface area contributed by atoms with Gasteiger partial charge in [0.25, 0.3) is 0 Å². The van der Waals surface area contributed by atoms with Gasteiger partial charge in [-0.05, 0) is 0 Å². The largest absolute Gasteiger partial charge is 0.375 e. The van der Waals surface area contributed by atoms with Crippen LogP contribution in [0.3, 0.4) is 0 Å². The van der Waals surface area contributed by atoms with Crippen LogP contribution in [0.15, 0.2) is 50.6 Å². The van der Waals surface area contributed by atoms with Crippen LogP contribution in [0, 0.1) is 0 Å². The Morgan fingerprint density at radius 3 is 1.79 bits per heavy atom. The molecule has 1 heterocycles. The molecule has 1 aliphatic rings. The molecule has 6 nitrogen and oxygen atoms in total. The van der Waals surface area contributed by atoms with Gasteiger partial charge < -0.3 is 28.8 Å². The third kappa shape index (κ3) is 6.32. The van der Waals surface area contributed by atoms with Crippen molar-refractivity contribution in [3.05, 3.63) is 50.6 Å². The van der Waals surface area contributed by atoms with Crippen molar-refractivity contribution in [1.29, 1.82) is 0 Å². The molecule has 1 rings (SSSR count). The fraction of sp³-hybridized carbons (Fsp3) is 0.556. The molecular weight excluding hydrogens is 312 g/mol. The van der Waals surface area contributed by atoms with Crippen LogP contribution < -0.4 is 0 Å². The first-order chi connectivity index (χ1) is 11.7. The zero-order valence-corrected chi connectivity index (χ0v) is 14.0. The molecule has 1 unspecified atom stereocenters. The molecule has 6 heteroatoms. The van der Waals surface area contributed by atoms with Gasteiger partial charge in [0.2, 0.25) is 0 Å². The van der Waals surface area contributed by atoms with Crippen LogP contribution in [0.25, 0.3) is 0 Å². The quantitative estimate of drug-likeness (QED) is 0.406. The molecule has 0 aromatic carbocycles. The van der Waals surface area contributed by atoms with E-state index in [-0.39, 0.29) is 13.2 Å². The van der Waals surface area contributed by atoms with Crippen LogP contribution in [0.2, 0.25) is 0 Å². The van der Waals surface area contributed by atoms with Crippen LogP contribution in [-0.4, -0.2) is 68.8 Å². The summed E-state index contributed by atoms with van der Waals surface area (Å²) in [6.45, 7) is 16.0. The summed E-state index contributed by atoms with van der Waals surface area (Å²) in [6.07, 6.45) is 3.05. The molecule has 0 aromatic rings. The lowest BCUT2D eigenvalue weighted by atomic mass is 9.98. The molecule has 0 saturated carbocycles. The Morgan fingerprint density at radius 2 is 1.25 bits per heavy atom. The van der Waals surface area contributed by atoms with E-state index in [4.69, 9.17) is 23.7 Å². The monoisotopic (exact) mass is 340 g/mol. The van der Waals surface area contributed by atoms with Gasteiger partial charge in [-0.1, -0.05) is 24.3 Å². The van der Waals surface area contributed by atoms with E-state index in [1.165, 1.54) is 0 Å². The molecule has 0 spiro atoms. The number of aliphatic hydroxyl groups excluding tert-OH is 1. The summed E-state index contributed by atoms with van der Waals surface area (Å²) in [5.74, 6) is 0. The van der Waals surface area contributed by atoms with E-state index in [2.05, 4.69) is 26.3 Å². The Balaban J connectivity index is 2.92. The van der Waals surface area contributed by atoms with E-state index in [1.54, 1.807) is 24.3 Å². The second-order valence-electron chi connectivity index (χ2n) is 5.15. The average Bonchev–Trinajstić information content (AvgIpc) is 2.58. The first-order valence-electron chi connectivity index (χ1n) is 7.89. The van der Waals surface area contributed by atoms with Crippen molar-refractivity contribution in [2.75, 3.05) is 33.0 Å². The predicted molar refractivity (Wildman–Crippen MR) is 91.7 cm³/mol. The zero-order valence-electron chi connectivity index (χ0n) is 14.0. The fourth-order valence-corrected chi connectivity index (χ4v) is 2.40. The second kappa shape index (κ2) is 12.1. The molecular formula is C18H28O6. The van der Waals surface area contributed by atoms with Gasteiger partial charge in [-0.25, -0.2) is 0 Å². The number of hydrogen-bond donors (Lipinski definition) is 1. The Morgan fingerprint density at radius 1 is 0.750 bits per heavy atom. The van der Waals surface area contributed by atoms with Crippen LogP contribution in [0.4, 0.5) is 0 Å².